The Balaban J connectivity index is 1.21. The number of phenols is 3. The molecule has 3 N–H and O–H groups in total. The molecule has 0 unspecified atom stereocenters. The molecule has 3 nitrogen and oxygen atoms in total. The SMILES string of the molecule is Oc1ccc(C(c2cc(C3CCCCC3)c(O)cc2-c2cccc3c2Cc2ccccc2-3)c2cc(C3CCCCC3)c(O)cc2-c2cccc3c2Cc2ccccc2-3)cc1. The lowest BCUT2D eigenvalue weighted by atomic mass is 9.73. The molecule has 0 atom stereocenters. The average molecular weight is 785 g/mol. The van der Waals surface area contributed by atoms with E-state index in [2.05, 4.69) is 121 Å². The zero-order chi connectivity index (χ0) is 40.3. The summed E-state index contributed by atoms with van der Waals surface area (Å²) in [7, 11) is 0. The van der Waals surface area contributed by atoms with E-state index in [1.807, 2.05) is 12.1 Å². The van der Waals surface area contributed by atoms with E-state index in [0.717, 1.165) is 88.6 Å². The van der Waals surface area contributed by atoms with E-state index < -0.39 is 0 Å². The molecule has 4 aliphatic carbocycles. The Hall–Kier alpha value is -6.06. The summed E-state index contributed by atoms with van der Waals surface area (Å²) >= 11 is 0. The molecule has 0 radical (unpaired) electrons. The number of fused-ring (bicyclic) bond motifs is 6. The summed E-state index contributed by atoms with van der Waals surface area (Å²) < 4.78 is 0. The molecule has 3 heteroatoms. The second-order valence-corrected chi connectivity index (χ2v) is 18.0. The van der Waals surface area contributed by atoms with Gasteiger partial charge in [0.25, 0.3) is 0 Å². The van der Waals surface area contributed by atoms with Crippen LogP contribution < -0.4 is 0 Å². The highest BCUT2D eigenvalue weighted by Crippen LogP contribution is 2.53. The van der Waals surface area contributed by atoms with E-state index in [9.17, 15) is 15.3 Å². The standard InChI is InChI=1S/C57H52O3/c58-40-27-25-37(26-28-40)57(53-31-47(35-13-3-1-4-14-35)55(59)33-51(53)45-23-11-21-43-41-19-9-7-17-38(41)29-49(43)45)54-32-48(36-15-5-2-6-16-36)56(60)34-52(54)46-24-12-22-44-42-20-10-8-18-39(42)30-50(44)46/h7-12,17-28,31-36,57-60H,1-6,13-16,29-30H2. The smallest absolute Gasteiger partial charge is 0.119 e. The van der Waals surface area contributed by atoms with Crippen molar-refractivity contribution in [1.82, 2.24) is 0 Å². The molecule has 7 aromatic rings. The molecule has 4 aliphatic rings. The highest BCUT2D eigenvalue weighted by molar-refractivity contribution is 5.89. The van der Waals surface area contributed by atoms with Gasteiger partial charge in [0.15, 0.2) is 0 Å². The molecule has 0 saturated heterocycles. The van der Waals surface area contributed by atoms with Gasteiger partial charge in [0.2, 0.25) is 0 Å². The number of benzene rings is 7. The van der Waals surface area contributed by atoms with Gasteiger partial charge in [-0.05, 0) is 169 Å². The number of hydrogen-bond acceptors (Lipinski definition) is 3. The van der Waals surface area contributed by atoms with Crippen molar-refractivity contribution in [1.29, 1.82) is 0 Å². The van der Waals surface area contributed by atoms with E-state index in [4.69, 9.17) is 0 Å². The van der Waals surface area contributed by atoms with Crippen molar-refractivity contribution in [2.45, 2.75) is 94.8 Å². The van der Waals surface area contributed by atoms with Gasteiger partial charge in [-0.15, -0.1) is 0 Å². The quantitative estimate of drug-likeness (QED) is 0.141. The Morgan fingerprint density at radius 3 is 1.23 bits per heavy atom. The molecule has 0 heterocycles. The first kappa shape index (κ1) is 37.0. The zero-order valence-corrected chi connectivity index (χ0v) is 34.3. The Morgan fingerprint density at radius 1 is 0.383 bits per heavy atom. The van der Waals surface area contributed by atoms with Gasteiger partial charge in [0.05, 0.1) is 0 Å². The van der Waals surface area contributed by atoms with Crippen molar-refractivity contribution in [3.8, 4) is 61.8 Å². The van der Waals surface area contributed by atoms with Crippen molar-refractivity contribution in [3.63, 3.8) is 0 Å². The van der Waals surface area contributed by atoms with Crippen LogP contribution in [0.2, 0.25) is 0 Å². The minimum absolute atomic E-state index is 0.234. The molecular formula is C57H52O3. The fourth-order valence-electron chi connectivity index (χ4n) is 11.7. The van der Waals surface area contributed by atoms with Crippen molar-refractivity contribution in [3.05, 3.63) is 184 Å². The van der Waals surface area contributed by atoms with E-state index in [-0.39, 0.29) is 23.5 Å². The van der Waals surface area contributed by atoms with Crippen molar-refractivity contribution < 1.29 is 15.3 Å². The minimum Gasteiger partial charge on any atom is -0.508 e. The van der Waals surface area contributed by atoms with Gasteiger partial charge >= 0.3 is 0 Å². The third-order valence-electron chi connectivity index (χ3n) is 14.6. The molecular weight excluding hydrogens is 733 g/mol. The Kier molecular flexibility index (Phi) is 9.37. The minimum atomic E-state index is -0.277. The lowest BCUT2D eigenvalue weighted by molar-refractivity contribution is 0.414. The molecule has 2 saturated carbocycles. The second kappa shape index (κ2) is 15.2. The fourth-order valence-corrected chi connectivity index (χ4v) is 11.7. The van der Waals surface area contributed by atoms with E-state index in [0.29, 0.717) is 11.5 Å². The van der Waals surface area contributed by atoms with Crippen LogP contribution in [0.4, 0.5) is 0 Å². The first-order chi connectivity index (χ1) is 29.5. The van der Waals surface area contributed by atoms with Crippen LogP contribution in [0.15, 0.2) is 133 Å². The number of aromatic hydroxyl groups is 3. The molecule has 0 amide bonds. The van der Waals surface area contributed by atoms with Crippen molar-refractivity contribution in [2.75, 3.05) is 0 Å². The van der Waals surface area contributed by atoms with Crippen LogP contribution >= 0.6 is 0 Å². The lowest BCUT2D eigenvalue weighted by Gasteiger charge is -2.31. The molecule has 0 bridgehead atoms. The van der Waals surface area contributed by atoms with Crippen LogP contribution in [-0.4, -0.2) is 15.3 Å². The fraction of sp³-hybridized carbons (Fsp3) is 0.263. The molecule has 11 rings (SSSR count). The largest absolute Gasteiger partial charge is 0.508 e. The molecule has 0 aliphatic heterocycles. The second-order valence-electron chi connectivity index (χ2n) is 18.0. The van der Waals surface area contributed by atoms with E-state index >= 15 is 0 Å². The summed E-state index contributed by atoms with van der Waals surface area (Å²) in [6.45, 7) is 0. The number of rotatable bonds is 7. The third-order valence-corrected chi connectivity index (χ3v) is 14.6. The van der Waals surface area contributed by atoms with Crippen molar-refractivity contribution >= 4 is 0 Å². The molecule has 0 aromatic heterocycles. The highest BCUT2D eigenvalue weighted by atomic mass is 16.3. The lowest BCUT2D eigenvalue weighted by Crippen LogP contribution is -2.13. The predicted molar refractivity (Wildman–Crippen MR) is 244 cm³/mol. The van der Waals surface area contributed by atoms with Crippen LogP contribution in [0.5, 0.6) is 17.2 Å². The molecule has 60 heavy (non-hydrogen) atoms. The van der Waals surface area contributed by atoms with Gasteiger partial charge in [0, 0.05) is 5.92 Å². The molecule has 298 valence electrons. The average Bonchev–Trinajstić information content (AvgIpc) is 3.87. The van der Waals surface area contributed by atoms with Gasteiger partial charge in [0.1, 0.15) is 17.2 Å². The summed E-state index contributed by atoms with van der Waals surface area (Å²) in [5.74, 6) is 1.28. The maximum atomic E-state index is 12.2. The first-order valence-corrected chi connectivity index (χ1v) is 22.4. The van der Waals surface area contributed by atoms with Crippen LogP contribution in [-0.2, 0) is 12.8 Å². The third kappa shape index (κ3) is 6.33. The highest BCUT2D eigenvalue weighted by Gasteiger charge is 2.33. The number of hydrogen-bond donors (Lipinski definition) is 3. The molecule has 7 aromatic carbocycles. The molecule has 2 fully saturated rings. The molecule has 0 spiro atoms. The van der Waals surface area contributed by atoms with Gasteiger partial charge in [-0.3, -0.25) is 0 Å². The summed E-state index contributed by atoms with van der Waals surface area (Å²) in [6.07, 6.45) is 13.1. The van der Waals surface area contributed by atoms with Crippen molar-refractivity contribution in [2.24, 2.45) is 0 Å². The maximum Gasteiger partial charge on any atom is 0.119 e. The van der Waals surface area contributed by atoms with Gasteiger partial charge in [-0.25, -0.2) is 0 Å². The first-order valence-electron chi connectivity index (χ1n) is 22.4. The van der Waals surface area contributed by atoms with E-state index in [1.165, 1.54) is 83.0 Å². The Morgan fingerprint density at radius 2 is 0.783 bits per heavy atom. The summed E-state index contributed by atoms with van der Waals surface area (Å²) in [6, 6.07) is 47.6. The maximum absolute atomic E-state index is 12.2. The predicted octanol–water partition coefficient (Wildman–Crippen LogP) is 14.6. The number of phenolic OH excluding ortho intramolecular Hbond substituents is 3. The van der Waals surface area contributed by atoms with Crippen LogP contribution in [0.25, 0.3) is 44.5 Å². The summed E-state index contributed by atoms with van der Waals surface area (Å²) in [4.78, 5) is 0. The Bertz CT molecular complexity index is 2600. The van der Waals surface area contributed by atoms with Crippen LogP contribution in [0.3, 0.4) is 0 Å². The van der Waals surface area contributed by atoms with Gasteiger partial charge < -0.3 is 15.3 Å². The Labute approximate surface area is 354 Å². The van der Waals surface area contributed by atoms with Crippen LogP contribution in [0, 0.1) is 0 Å². The van der Waals surface area contributed by atoms with Gasteiger partial charge in [-0.1, -0.05) is 148 Å². The van der Waals surface area contributed by atoms with Crippen LogP contribution in [0.1, 0.15) is 132 Å². The van der Waals surface area contributed by atoms with E-state index in [1.54, 1.807) is 0 Å². The monoisotopic (exact) mass is 784 g/mol. The topological polar surface area (TPSA) is 60.7 Å². The zero-order valence-electron chi connectivity index (χ0n) is 34.3. The summed E-state index contributed by atoms with van der Waals surface area (Å²) in [5, 5.41) is 35.2. The van der Waals surface area contributed by atoms with Gasteiger partial charge in [-0.2, -0.15) is 0 Å². The normalized spacial score (nSPS) is 16.1. The summed E-state index contributed by atoms with van der Waals surface area (Å²) in [5.41, 5.74) is 20.2.